The van der Waals surface area contributed by atoms with Gasteiger partial charge in [-0.25, -0.2) is 4.39 Å². The van der Waals surface area contributed by atoms with Crippen LogP contribution in [0.2, 0.25) is 0 Å². The third-order valence-electron chi connectivity index (χ3n) is 3.56. The molecular weight excluding hydrogens is 259 g/mol. The van der Waals surface area contributed by atoms with Crippen LogP contribution in [0.5, 0.6) is 0 Å². The van der Waals surface area contributed by atoms with Crippen molar-refractivity contribution in [3.8, 4) is 0 Å². The molecule has 2 heterocycles. The standard InChI is InChI=1S/C11H13FN2OS2/c12-9-7-3-1-2-4-8(7)13-5-6-14(17-16)11(15)10(9)13/h16H,1-6H2. The lowest BCUT2D eigenvalue weighted by Gasteiger charge is -2.26. The summed E-state index contributed by atoms with van der Waals surface area (Å²) < 4.78 is 17.6. The number of carbonyl (C=O) groups excluding carboxylic acids is 1. The predicted molar refractivity (Wildman–Crippen MR) is 68.6 cm³/mol. The van der Waals surface area contributed by atoms with Gasteiger partial charge in [-0.05, 0) is 25.7 Å². The lowest BCUT2D eigenvalue weighted by Crippen LogP contribution is -2.35. The Labute approximate surface area is 108 Å². The number of halogens is 1. The molecule has 0 unspecified atom stereocenters. The minimum absolute atomic E-state index is 0.240. The van der Waals surface area contributed by atoms with E-state index in [-0.39, 0.29) is 17.4 Å². The topological polar surface area (TPSA) is 25.2 Å². The van der Waals surface area contributed by atoms with Crippen LogP contribution in [0, 0.1) is 5.82 Å². The second-order valence-corrected chi connectivity index (χ2v) is 5.53. The average molecular weight is 272 g/mol. The average Bonchev–Trinajstić information content (AvgIpc) is 2.65. The fraction of sp³-hybridized carbons (Fsp3) is 0.545. The fourth-order valence-corrected chi connectivity index (χ4v) is 3.56. The molecule has 1 aliphatic carbocycles. The van der Waals surface area contributed by atoms with Gasteiger partial charge >= 0.3 is 0 Å². The molecule has 1 aromatic heterocycles. The Morgan fingerprint density at radius 1 is 1.24 bits per heavy atom. The molecule has 2 aliphatic rings. The van der Waals surface area contributed by atoms with E-state index in [0.717, 1.165) is 47.9 Å². The van der Waals surface area contributed by atoms with Crippen molar-refractivity contribution >= 4 is 28.5 Å². The summed E-state index contributed by atoms with van der Waals surface area (Å²) in [5.41, 5.74) is 2.05. The summed E-state index contributed by atoms with van der Waals surface area (Å²) in [5.74, 6) is -0.542. The van der Waals surface area contributed by atoms with Gasteiger partial charge in [-0.2, -0.15) is 0 Å². The Bertz CT molecular complexity index is 486. The third-order valence-corrected chi connectivity index (χ3v) is 4.70. The van der Waals surface area contributed by atoms with Crippen LogP contribution in [0.3, 0.4) is 0 Å². The lowest BCUT2D eigenvalue weighted by molar-refractivity contribution is 0.0831. The zero-order valence-corrected chi connectivity index (χ0v) is 11.0. The molecule has 0 saturated carbocycles. The van der Waals surface area contributed by atoms with E-state index in [1.807, 2.05) is 4.57 Å². The largest absolute Gasteiger partial charge is 0.336 e. The molecule has 1 aliphatic heterocycles. The van der Waals surface area contributed by atoms with Crippen molar-refractivity contribution in [1.82, 2.24) is 8.87 Å². The molecule has 0 atom stereocenters. The molecular formula is C11H13FN2OS2. The van der Waals surface area contributed by atoms with E-state index in [9.17, 15) is 9.18 Å². The molecule has 0 saturated heterocycles. The van der Waals surface area contributed by atoms with Gasteiger partial charge in [0.05, 0.1) is 6.54 Å². The van der Waals surface area contributed by atoms with Crippen LogP contribution < -0.4 is 0 Å². The summed E-state index contributed by atoms with van der Waals surface area (Å²) in [5, 5.41) is 0. The molecule has 0 N–H and O–H groups in total. The molecule has 0 fully saturated rings. The third kappa shape index (κ3) is 1.61. The van der Waals surface area contributed by atoms with Crippen molar-refractivity contribution < 1.29 is 9.18 Å². The Hall–Kier alpha value is -0.620. The summed E-state index contributed by atoms with van der Waals surface area (Å²) in [7, 11) is 1.07. The molecule has 3 nitrogen and oxygen atoms in total. The normalized spacial score (nSPS) is 19.2. The van der Waals surface area contributed by atoms with Crippen LogP contribution >= 0.6 is 22.6 Å². The van der Waals surface area contributed by atoms with E-state index in [1.165, 1.54) is 4.31 Å². The zero-order valence-electron chi connectivity index (χ0n) is 9.28. The maximum absolute atomic E-state index is 14.3. The first-order valence-corrected chi connectivity index (χ1v) is 7.59. The molecule has 3 rings (SSSR count). The summed E-state index contributed by atoms with van der Waals surface area (Å²) in [6.07, 6.45) is 3.78. The van der Waals surface area contributed by atoms with E-state index in [1.54, 1.807) is 0 Å². The highest BCUT2D eigenvalue weighted by atomic mass is 33.1. The van der Waals surface area contributed by atoms with E-state index in [0.29, 0.717) is 13.1 Å². The molecule has 0 radical (unpaired) electrons. The van der Waals surface area contributed by atoms with Crippen molar-refractivity contribution in [2.75, 3.05) is 6.54 Å². The van der Waals surface area contributed by atoms with Gasteiger partial charge in [0, 0.05) is 28.8 Å². The number of aromatic nitrogens is 1. The first-order chi connectivity index (χ1) is 8.24. The smallest absolute Gasteiger partial charge is 0.284 e. The van der Waals surface area contributed by atoms with Crippen molar-refractivity contribution in [2.45, 2.75) is 32.2 Å². The number of carbonyl (C=O) groups is 1. The van der Waals surface area contributed by atoms with Gasteiger partial charge < -0.3 is 4.57 Å². The van der Waals surface area contributed by atoms with Crippen LogP contribution in [0.1, 0.15) is 34.6 Å². The van der Waals surface area contributed by atoms with Gasteiger partial charge in [0.15, 0.2) is 5.82 Å². The van der Waals surface area contributed by atoms with Gasteiger partial charge in [0.1, 0.15) is 5.69 Å². The second-order valence-electron chi connectivity index (χ2n) is 4.44. The second kappa shape index (κ2) is 4.24. The van der Waals surface area contributed by atoms with E-state index in [4.69, 9.17) is 0 Å². The van der Waals surface area contributed by atoms with Crippen molar-refractivity contribution in [2.24, 2.45) is 0 Å². The number of thiol groups is 1. The SMILES string of the molecule is O=C1c2c(F)c3c(n2CCN1SS)CCCC3. The monoisotopic (exact) mass is 272 g/mol. The van der Waals surface area contributed by atoms with E-state index >= 15 is 0 Å². The Balaban J connectivity index is 2.14. The minimum Gasteiger partial charge on any atom is -0.336 e. The zero-order chi connectivity index (χ0) is 12.0. The lowest BCUT2D eigenvalue weighted by atomic mass is 9.97. The van der Waals surface area contributed by atoms with Crippen LogP contribution in [-0.2, 0) is 19.4 Å². The maximum atomic E-state index is 14.3. The fourth-order valence-electron chi connectivity index (χ4n) is 2.76. The van der Waals surface area contributed by atoms with Crippen LogP contribution in [-0.4, -0.2) is 21.3 Å². The number of hydrogen-bond donors (Lipinski definition) is 1. The first kappa shape index (κ1) is 11.5. The molecule has 17 heavy (non-hydrogen) atoms. The molecule has 92 valence electrons. The summed E-state index contributed by atoms with van der Waals surface area (Å²) in [6.45, 7) is 1.28. The highest BCUT2D eigenvalue weighted by Gasteiger charge is 2.34. The predicted octanol–water partition coefficient (Wildman–Crippen LogP) is 2.45. The Morgan fingerprint density at radius 3 is 2.76 bits per heavy atom. The number of amides is 1. The van der Waals surface area contributed by atoms with E-state index < -0.39 is 0 Å². The number of fused-ring (bicyclic) bond motifs is 3. The molecule has 1 aromatic rings. The van der Waals surface area contributed by atoms with Gasteiger partial charge in [-0.15, -0.1) is 0 Å². The summed E-state index contributed by atoms with van der Waals surface area (Å²) in [4.78, 5) is 12.1. The quantitative estimate of drug-likeness (QED) is 0.482. The van der Waals surface area contributed by atoms with Gasteiger partial charge in [-0.1, -0.05) is 11.7 Å². The Kier molecular flexibility index (Phi) is 2.86. The van der Waals surface area contributed by atoms with Crippen molar-refractivity contribution in [3.63, 3.8) is 0 Å². The number of rotatable bonds is 1. The van der Waals surface area contributed by atoms with Crippen LogP contribution in [0.25, 0.3) is 0 Å². The highest BCUT2D eigenvalue weighted by Crippen LogP contribution is 2.33. The first-order valence-electron chi connectivity index (χ1n) is 5.77. The minimum atomic E-state index is -0.295. The van der Waals surface area contributed by atoms with E-state index in [2.05, 4.69) is 11.7 Å². The van der Waals surface area contributed by atoms with Gasteiger partial charge in [0.25, 0.3) is 5.91 Å². The Morgan fingerprint density at radius 2 is 2.00 bits per heavy atom. The van der Waals surface area contributed by atoms with Crippen molar-refractivity contribution in [1.29, 1.82) is 0 Å². The van der Waals surface area contributed by atoms with Crippen LogP contribution in [0.15, 0.2) is 0 Å². The molecule has 6 heteroatoms. The van der Waals surface area contributed by atoms with Gasteiger partial charge in [-0.3, -0.25) is 9.10 Å². The molecule has 0 spiro atoms. The van der Waals surface area contributed by atoms with Gasteiger partial charge in [0.2, 0.25) is 0 Å². The molecule has 1 amide bonds. The maximum Gasteiger partial charge on any atom is 0.284 e. The summed E-state index contributed by atoms with van der Waals surface area (Å²) >= 11 is 4.03. The summed E-state index contributed by atoms with van der Waals surface area (Å²) in [6, 6.07) is 0. The molecule has 0 aromatic carbocycles. The highest BCUT2D eigenvalue weighted by molar-refractivity contribution is 8.67. The molecule has 0 bridgehead atoms. The number of nitrogens with zero attached hydrogens (tertiary/aromatic N) is 2. The van der Waals surface area contributed by atoms with Crippen LogP contribution in [0.4, 0.5) is 4.39 Å². The number of hydrogen-bond acceptors (Lipinski definition) is 3. The van der Waals surface area contributed by atoms with Crippen molar-refractivity contribution in [3.05, 3.63) is 22.8 Å².